The van der Waals surface area contributed by atoms with Crippen molar-refractivity contribution in [2.45, 2.75) is 59.4 Å². The van der Waals surface area contributed by atoms with E-state index in [-0.39, 0.29) is 11.9 Å². The first kappa shape index (κ1) is 18.0. The van der Waals surface area contributed by atoms with Crippen molar-refractivity contribution < 1.29 is 4.79 Å². The second-order valence-electron chi connectivity index (χ2n) is 7.18. The van der Waals surface area contributed by atoms with E-state index in [2.05, 4.69) is 43.0 Å². The number of anilines is 1. The van der Waals surface area contributed by atoms with Gasteiger partial charge in [-0.05, 0) is 57.7 Å². The van der Waals surface area contributed by atoms with E-state index in [1.807, 2.05) is 10.7 Å². The Kier molecular flexibility index (Phi) is 6.63. The number of amides is 1. The smallest absolute Gasteiger partial charge is 0.225 e. The fraction of sp³-hybridized carbons (Fsp3) is 0.778. The van der Waals surface area contributed by atoms with Crippen molar-refractivity contribution >= 4 is 11.7 Å². The molecule has 0 radical (unpaired) electrons. The van der Waals surface area contributed by atoms with E-state index in [4.69, 9.17) is 0 Å². The summed E-state index contributed by atoms with van der Waals surface area (Å²) < 4.78 is 1.92. The molecule has 0 spiro atoms. The topological polar surface area (TPSA) is 50.2 Å². The molecule has 1 N–H and O–H groups in total. The first-order valence-corrected chi connectivity index (χ1v) is 9.07. The van der Waals surface area contributed by atoms with Gasteiger partial charge in [-0.15, -0.1) is 0 Å². The molecule has 1 aliphatic heterocycles. The molecule has 0 aromatic carbocycles. The lowest BCUT2D eigenvalue weighted by Crippen LogP contribution is -2.35. The van der Waals surface area contributed by atoms with Gasteiger partial charge >= 0.3 is 0 Å². The predicted molar refractivity (Wildman–Crippen MR) is 94.5 cm³/mol. The molecule has 0 unspecified atom stereocenters. The maximum absolute atomic E-state index is 12.4. The Bertz CT molecular complexity index is 489. The number of hydrogen-bond donors (Lipinski definition) is 1. The molecule has 5 heteroatoms. The number of carbonyl (C=O) groups is 1. The Morgan fingerprint density at radius 3 is 2.65 bits per heavy atom. The van der Waals surface area contributed by atoms with Crippen LogP contribution in [-0.2, 0) is 4.79 Å². The zero-order valence-electron chi connectivity index (χ0n) is 15.1. The van der Waals surface area contributed by atoms with E-state index in [0.717, 1.165) is 31.7 Å². The molecule has 0 saturated carbocycles. The first-order valence-electron chi connectivity index (χ1n) is 9.07. The van der Waals surface area contributed by atoms with Crippen LogP contribution in [-0.4, -0.2) is 40.2 Å². The van der Waals surface area contributed by atoms with Crippen molar-refractivity contribution in [2.75, 3.05) is 25.0 Å². The van der Waals surface area contributed by atoms with Crippen LogP contribution in [0.4, 0.5) is 5.82 Å². The summed E-state index contributed by atoms with van der Waals surface area (Å²) in [5.41, 5.74) is 0. The molecule has 1 aromatic rings. The van der Waals surface area contributed by atoms with Gasteiger partial charge in [-0.3, -0.25) is 4.79 Å². The van der Waals surface area contributed by atoms with Crippen LogP contribution in [0.1, 0.15) is 59.4 Å². The van der Waals surface area contributed by atoms with Gasteiger partial charge in [-0.25, -0.2) is 4.68 Å². The van der Waals surface area contributed by atoms with Crippen LogP contribution in [0, 0.1) is 11.8 Å². The average molecular weight is 320 g/mol. The fourth-order valence-corrected chi connectivity index (χ4v) is 3.21. The largest absolute Gasteiger partial charge is 0.311 e. The minimum absolute atomic E-state index is 0.122. The lowest BCUT2D eigenvalue weighted by atomic mass is 9.93. The van der Waals surface area contributed by atoms with E-state index < -0.39 is 0 Å². The number of hydrogen-bond acceptors (Lipinski definition) is 3. The monoisotopic (exact) mass is 320 g/mol. The minimum atomic E-state index is 0.122. The summed E-state index contributed by atoms with van der Waals surface area (Å²) in [7, 11) is 0. The summed E-state index contributed by atoms with van der Waals surface area (Å²) in [6.07, 6.45) is 5.87. The van der Waals surface area contributed by atoms with Crippen LogP contribution in [0.3, 0.4) is 0 Å². The van der Waals surface area contributed by atoms with Crippen molar-refractivity contribution in [3.8, 4) is 0 Å². The summed E-state index contributed by atoms with van der Waals surface area (Å²) in [4.78, 5) is 14.9. The quantitative estimate of drug-likeness (QED) is 0.836. The van der Waals surface area contributed by atoms with Gasteiger partial charge in [0.05, 0.1) is 12.2 Å². The molecule has 2 heterocycles. The van der Waals surface area contributed by atoms with Crippen molar-refractivity contribution in [3.63, 3.8) is 0 Å². The molecular formula is C18H32N4O. The van der Waals surface area contributed by atoms with Crippen LogP contribution in [0.2, 0.25) is 0 Å². The zero-order chi connectivity index (χ0) is 16.8. The molecule has 1 saturated heterocycles. The molecule has 1 aliphatic rings. The highest BCUT2D eigenvalue weighted by Gasteiger charge is 2.22. The van der Waals surface area contributed by atoms with Crippen molar-refractivity contribution in [1.29, 1.82) is 0 Å². The van der Waals surface area contributed by atoms with Gasteiger partial charge in [0.15, 0.2) is 0 Å². The fourth-order valence-electron chi connectivity index (χ4n) is 3.21. The summed E-state index contributed by atoms with van der Waals surface area (Å²) in [6, 6.07) is 2.17. The van der Waals surface area contributed by atoms with Gasteiger partial charge < -0.3 is 10.2 Å². The first-order chi connectivity index (χ1) is 11.0. The lowest BCUT2D eigenvalue weighted by Gasteiger charge is -2.31. The van der Waals surface area contributed by atoms with Gasteiger partial charge in [0.1, 0.15) is 5.82 Å². The Morgan fingerprint density at radius 1 is 1.35 bits per heavy atom. The molecule has 1 aromatic heterocycles. The third-order valence-electron chi connectivity index (χ3n) is 5.01. The normalized spacial score (nSPS) is 18.3. The van der Waals surface area contributed by atoms with Crippen molar-refractivity contribution in [3.05, 3.63) is 12.3 Å². The highest BCUT2D eigenvalue weighted by molar-refractivity contribution is 5.90. The average Bonchev–Trinajstić information content (AvgIpc) is 2.96. The molecule has 1 fully saturated rings. The number of nitrogens with zero attached hydrogens (tertiary/aromatic N) is 3. The molecule has 130 valence electrons. The van der Waals surface area contributed by atoms with E-state index in [1.54, 1.807) is 6.20 Å². The zero-order valence-corrected chi connectivity index (χ0v) is 15.1. The Balaban J connectivity index is 1.83. The Morgan fingerprint density at radius 2 is 2.04 bits per heavy atom. The van der Waals surface area contributed by atoms with Crippen LogP contribution in [0.25, 0.3) is 0 Å². The van der Waals surface area contributed by atoms with E-state index in [9.17, 15) is 4.79 Å². The molecule has 2 rings (SSSR count). The molecule has 0 aliphatic carbocycles. The van der Waals surface area contributed by atoms with Gasteiger partial charge in [0.25, 0.3) is 0 Å². The molecule has 1 amide bonds. The number of likely N-dealkylation sites (tertiary alicyclic amines) is 1. The summed E-state index contributed by atoms with van der Waals surface area (Å²) in [6.45, 7) is 12.1. The third kappa shape index (κ3) is 5.06. The summed E-state index contributed by atoms with van der Waals surface area (Å²) in [5.74, 6) is 1.94. The van der Waals surface area contributed by atoms with Gasteiger partial charge in [0.2, 0.25) is 5.91 Å². The van der Waals surface area contributed by atoms with E-state index in [1.165, 1.54) is 13.0 Å². The second-order valence-corrected chi connectivity index (χ2v) is 7.18. The SMILES string of the molecule is CCCN1CCC(CC(=O)Nc2ccnn2[C@@H](C)C(C)C)CC1. The Labute approximate surface area is 140 Å². The number of piperidine rings is 1. The molecule has 23 heavy (non-hydrogen) atoms. The van der Waals surface area contributed by atoms with Gasteiger partial charge in [-0.1, -0.05) is 20.8 Å². The standard InChI is InChI=1S/C18H32N4O/c1-5-10-21-11-7-16(8-12-21)13-18(23)20-17-6-9-19-22(17)15(4)14(2)3/h6,9,14-16H,5,7-8,10-13H2,1-4H3,(H,20,23)/t15-/m0/s1. The van der Waals surface area contributed by atoms with Crippen molar-refractivity contribution in [1.82, 2.24) is 14.7 Å². The third-order valence-corrected chi connectivity index (χ3v) is 5.01. The summed E-state index contributed by atoms with van der Waals surface area (Å²) in [5, 5.41) is 7.42. The van der Waals surface area contributed by atoms with E-state index in [0.29, 0.717) is 18.3 Å². The maximum atomic E-state index is 12.4. The molecular weight excluding hydrogens is 288 g/mol. The maximum Gasteiger partial charge on any atom is 0.225 e. The number of aromatic nitrogens is 2. The lowest BCUT2D eigenvalue weighted by molar-refractivity contribution is -0.117. The van der Waals surface area contributed by atoms with Gasteiger partial charge in [-0.2, -0.15) is 5.10 Å². The van der Waals surface area contributed by atoms with E-state index >= 15 is 0 Å². The summed E-state index contributed by atoms with van der Waals surface area (Å²) >= 11 is 0. The highest BCUT2D eigenvalue weighted by Crippen LogP contribution is 2.23. The van der Waals surface area contributed by atoms with Gasteiger partial charge in [0, 0.05) is 12.5 Å². The number of carbonyl (C=O) groups excluding carboxylic acids is 1. The molecule has 5 nitrogen and oxygen atoms in total. The molecule has 0 bridgehead atoms. The minimum Gasteiger partial charge on any atom is -0.311 e. The van der Waals surface area contributed by atoms with Crippen LogP contribution in [0.5, 0.6) is 0 Å². The van der Waals surface area contributed by atoms with Crippen molar-refractivity contribution in [2.24, 2.45) is 11.8 Å². The predicted octanol–water partition coefficient (Wildman–Crippen LogP) is 3.55. The molecule has 1 atom stereocenters. The van der Waals surface area contributed by atoms with Crippen LogP contribution >= 0.6 is 0 Å². The Hall–Kier alpha value is -1.36. The number of nitrogens with one attached hydrogen (secondary N) is 1. The van der Waals surface area contributed by atoms with Crippen LogP contribution in [0.15, 0.2) is 12.3 Å². The van der Waals surface area contributed by atoms with Crippen LogP contribution < -0.4 is 5.32 Å². The second kappa shape index (κ2) is 8.48. The number of rotatable bonds is 7. The highest BCUT2D eigenvalue weighted by atomic mass is 16.1.